The molecule has 94 valence electrons. The molecule has 0 aliphatic rings. The van der Waals surface area contributed by atoms with Crippen molar-refractivity contribution in [2.75, 3.05) is 0 Å². The summed E-state index contributed by atoms with van der Waals surface area (Å²) in [6, 6.07) is 14.8. The van der Waals surface area contributed by atoms with Gasteiger partial charge in [0.05, 0.1) is 5.02 Å². The Hall–Kier alpha value is -1.38. The Morgan fingerprint density at radius 2 is 1.83 bits per heavy atom. The minimum Gasteiger partial charge on any atom is -0.324 e. The molecule has 2 N–H and O–H groups in total. The Kier molecular flexibility index (Phi) is 4.34. The average molecular weight is 264 g/mol. The van der Waals surface area contributed by atoms with Crippen molar-refractivity contribution in [3.63, 3.8) is 0 Å². The van der Waals surface area contributed by atoms with E-state index < -0.39 is 0 Å². The molecule has 2 aromatic rings. The third-order valence-corrected chi connectivity index (χ3v) is 3.26. The van der Waals surface area contributed by atoms with Gasteiger partial charge in [-0.2, -0.15) is 0 Å². The van der Waals surface area contributed by atoms with E-state index in [0.29, 0.717) is 0 Å². The first-order valence-corrected chi connectivity index (χ1v) is 6.29. The zero-order valence-electron chi connectivity index (χ0n) is 9.94. The van der Waals surface area contributed by atoms with Gasteiger partial charge in [-0.15, -0.1) is 0 Å². The second kappa shape index (κ2) is 5.98. The molecule has 0 aliphatic heterocycles. The van der Waals surface area contributed by atoms with E-state index in [1.165, 1.54) is 6.07 Å². The van der Waals surface area contributed by atoms with E-state index in [-0.39, 0.29) is 16.9 Å². The Morgan fingerprint density at radius 3 is 2.50 bits per heavy atom. The Bertz CT molecular complexity index is 513. The maximum absolute atomic E-state index is 13.3. The van der Waals surface area contributed by atoms with Crippen LogP contribution in [0, 0.1) is 5.82 Å². The molecule has 0 amide bonds. The lowest BCUT2D eigenvalue weighted by atomic mass is 10.00. The average Bonchev–Trinajstić information content (AvgIpc) is 2.41. The van der Waals surface area contributed by atoms with E-state index in [4.69, 9.17) is 17.3 Å². The molecule has 0 saturated heterocycles. The van der Waals surface area contributed by atoms with Crippen LogP contribution in [0.4, 0.5) is 4.39 Å². The number of nitrogens with two attached hydrogens (primary N) is 1. The standard InChI is InChI=1S/C15H15ClFN/c16-13-8-6-11(10-14(13)17)7-9-15(18)12-4-2-1-3-5-12/h1-6,8,10,15H,7,9,18H2. The smallest absolute Gasteiger partial charge is 0.142 e. The molecule has 0 heterocycles. The van der Waals surface area contributed by atoms with Crippen LogP contribution in [-0.2, 0) is 6.42 Å². The van der Waals surface area contributed by atoms with Crippen LogP contribution >= 0.6 is 11.6 Å². The van der Waals surface area contributed by atoms with E-state index in [1.54, 1.807) is 6.07 Å². The van der Waals surface area contributed by atoms with Crippen molar-refractivity contribution in [2.24, 2.45) is 5.73 Å². The molecule has 0 aliphatic carbocycles. The molecule has 0 bridgehead atoms. The Labute approximate surface area is 111 Å². The first-order valence-electron chi connectivity index (χ1n) is 5.91. The van der Waals surface area contributed by atoms with Crippen LogP contribution in [-0.4, -0.2) is 0 Å². The molecule has 2 rings (SSSR count). The Morgan fingerprint density at radius 1 is 1.11 bits per heavy atom. The molecular formula is C15H15ClFN. The molecule has 0 spiro atoms. The van der Waals surface area contributed by atoms with Crippen molar-refractivity contribution in [3.8, 4) is 0 Å². The van der Waals surface area contributed by atoms with Crippen molar-refractivity contribution in [1.82, 2.24) is 0 Å². The molecule has 0 aromatic heterocycles. The second-order valence-electron chi connectivity index (χ2n) is 4.30. The van der Waals surface area contributed by atoms with Gasteiger partial charge in [0.15, 0.2) is 0 Å². The molecule has 1 nitrogen and oxygen atoms in total. The van der Waals surface area contributed by atoms with Crippen molar-refractivity contribution in [3.05, 3.63) is 70.5 Å². The third-order valence-electron chi connectivity index (χ3n) is 2.96. The van der Waals surface area contributed by atoms with Crippen LogP contribution in [0.25, 0.3) is 0 Å². The highest BCUT2D eigenvalue weighted by Crippen LogP contribution is 2.20. The predicted octanol–water partition coefficient (Wildman–Crippen LogP) is 4.11. The molecule has 3 heteroatoms. The van der Waals surface area contributed by atoms with Gasteiger partial charge in [0.1, 0.15) is 5.82 Å². The summed E-state index contributed by atoms with van der Waals surface area (Å²) in [5, 5.41) is 0.158. The van der Waals surface area contributed by atoms with Crippen molar-refractivity contribution in [1.29, 1.82) is 0 Å². The SMILES string of the molecule is NC(CCc1ccc(Cl)c(F)c1)c1ccccc1. The normalized spacial score (nSPS) is 12.4. The Balaban J connectivity index is 1.97. The van der Waals surface area contributed by atoms with Gasteiger partial charge in [-0.3, -0.25) is 0 Å². The molecule has 0 saturated carbocycles. The van der Waals surface area contributed by atoms with E-state index in [2.05, 4.69) is 0 Å². The number of rotatable bonds is 4. The van der Waals surface area contributed by atoms with E-state index >= 15 is 0 Å². The van der Waals surface area contributed by atoms with Crippen LogP contribution in [0.2, 0.25) is 5.02 Å². The zero-order chi connectivity index (χ0) is 13.0. The summed E-state index contributed by atoms with van der Waals surface area (Å²) in [6.45, 7) is 0. The number of hydrogen-bond acceptors (Lipinski definition) is 1. The van der Waals surface area contributed by atoms with Crippen molar-refractivity contribution < 1.29 is 4.39 Å². The summed E-state index contributed by atoms with van der Waals surface area (Å²) >= 11 is 5.64. The lowest BCUT2D eigenvalue weighted by Crippen LogP contribution is -2.11. The van der Waals surface area contributed by atoms with Crippen LogP contribution in [0.15, 0.2) is 48.5 Å². The van der Waals surface area contributed by atoms with Gasteiger partial charge in [-0.1, -0.05) is 48.0 Å². The monoisotopic (exact) mass is 263 g/mol. The first-order chi connectivity index (χ1) is 8.66. The lowest BCUT2D eigenvalue weighted by Gasteiger charge is -2.12. The van der Waals surface area contributed by atoms with Crippen LogP contribution in [0.5, 0.6) is 0 Å². The van der Waals surface area contributed by atoms with Gasteiger partial charge in [-0.05, 0) is 36.1 Å². The lowest BCUT2D eigenvalue weighted by molar-refractivity contribution is 0.618. The topological polar surface area (TPSA) is 26.0 Å². The van der Waals surface area contributed by atoms with E-state index in [1.807, 2.05) is 36.4 Å². The van der Waals surface area contributed by atoms with Gasteiger partial charge in [-0.25, -0.2) is 4.39 Å². The molecule has 0 radical (unpaired) electrons. The van der Waals surface area contributed by atoms with Crippen molar-refractivity contribution in [2.45, 2.75) is 18.9 Å². The minimum atomic E-state index is -0.373. The predicted molar refractivity (Wildman–Crippen MR) is 73.1 cm³/mol. The highest BCUT2D eigenvalue weighted by atomic mass is 35.5. The number of hydrogen-bond donors (Lipinski definition) is 1. The third kappa shape index (κ3) is 3.31. The van der Waals surface area contributed by atoms with Gasteiger partial charge >= 0.3 is 0 Å². The fraction of sp³-hybridized carbons (Fsp3) is 0.200. The minimum absolute atomic E-state index is 0.0232. The van der Waals surface area contributed by atoms with Crippen LogP contribution in [0.1, 0.15) is 23.6 Å². The largest absolute Gasteiger partial charge is 0.324 e. The number of aryl methyl sites for hydroxylation is 1. The zero-order valence-corrected chi connectivity index (χ0v) is 10.7. The quantitative estimate of drug-likeness (QED) is 0.883. The van der Waals surface area contributed by atoms with Gasteiger partial charge in [0.25, 0.3) is 0 Å². The highest BCUT2D eigenvalue weighted by Gasteiger charge is 2.07. The fourth-order valence-electron chi connectivity index (χ4n) is 1.88. The summed E-state index contributed by atoms with van der Waals surface area (Å²) in [5.41, 5.74) is 8.11. The maximum Gasteiger partial charge on any atom is 0.142 e. The molecule has 0 fully saturated rings. The summed E-state index contributed by atoms with van der Waals surface area (Å²) in [4.78, 5) is 0. The first kappa shape index (κ1) is 13.1. The van der Waals surface area contributed by atoms with Gasteiger partial charge in [0.2, 0.25) is 0 Å². The molecule has 2 aromatic carbocycles. The molecule has 1 atom stereocenters. The molecular weight excluding hydrogens is 249 g/mol. The number of benzene rings is 2. The van der Waals surface area contributed by atoms with Crippen LogP contribution in [0.3, 0.4) is 0 Å². The highest BCUT2D eigenvalue weighted by molar-refractivity contribution is 6.30. The van der Waals surface area contributed by atoms with E-state index in [0.717, 1.165) is 24.0 Å². The summed E-state index contributed by atoms with van der Waals surface area (Å²) in [6.07, 6.45) is 1.52. The molecule has 18 heavy (non-hydrogen) atoms. The van der Waals surface area contributed by atoms with E-state index in [9.17, 15) is 4.39 Å². The van der Waals surface area contributed by atoms with Crippen LogP contribution < -0.4 is 5.73 Å². The maximum atomic E-state index is 13.3. The number of halogens is 2. The van der Waals surface area contributed by atoms with Gasteiger partial charge in [0, 0.05) is 6.04 Å². The summed E-state index contributed by atoms with van der Waals surface area (Å²) < 4.78 is 13.3. The summed E-state index contributed by atoms with van der Waals surface area (Å²) in [7, 11) is 0. The molecule has 1 unspecified atom stereocenters. The fourth-order valence-corrected chi connectivity index (χ4v) is 2.00. The van der Waals surface area contributed by atoms with Crippen molar-refractivity contribution >= 4 is 11.6 Å². The second-order valence-corrected chi connectivity index (χ2v) is 4.71. The summed E-state index contributed by atoms with van der Waals surface area (Å²) in [5.74, 6) is -0.373. The van der Waals surface area contributed by atoms with Gasteiger partial charge < -0.3 is 5.73 Å².